The third-order valence-corrected chi connectivity index (χ3v) is 3.40. The number of rotatable bonds is 7. The second kappa shape index (κ2) is 7.62. The van der Waals surface area contributed by atoms with E-state index >= 15 is 0 Å². The zero-order valence-corrected chi connectivity index (χ0v) is 12.7. The average molecular weight is 310 g/mol. The molecule has 0 aliphatic rings. The number of hydrogen-bond donors (Lipinski definition) is 1. The molecule has 0 saturated heterocycles. The van der Waals surface area contributed by atoms with E-state index in [0.29, 0.717) is 31.3 Å². The molecule has 0 fully saturated rings. The fourth-order valence-corrected chi connectivity index (χ4v) is 2.32. The van der Waals surface area contributed by atoms with Crippen LogP contribution < -0.4 is 0 Å². The molecule has 0 amide bonds. The van der Waals surface area contributed by atoms with E-state index < -0.39 is 0 Å². The molecule has 2 aromatic heterocycles. The van der Waals surface area contributed by atoms with Crippen molar-refractivity contribution in [3.63, 3.8) is 0 Å². The first kappa shape index (κ1) is 15.3. The van der Waals surface area contributed by atoms with Gasteiger partial charge in [0.2, 0.25) is 0 Å². The zero-order chi connectivity index (χ0) is 15.9. The molecule has 1 aromatic carbocycles. The minimum absolute atomic E-state index is 0.0731. The van der Waals surface area contributed by atoms with Gasteiger partial charge in [-0.1, -0.05) is 29.4 Å². The quantitative estimate of drug-likeness (QED) is 0.720. The van der Waals surface area contributed by atoms with Gasteiger partial charge in [-0.3, -0.25) is 9.88 Å². The summed E-state index contributed by atoms with van der Waals surface area (Å²) in [5.41, 5.74) is 1.97. The third kappa shape index (κ3) is 4.21. The molecule has 0 aliphatic heterocycles. The number of benzene rings is 1. The number of aliphatic hydroxyl groups is 1. The van der Waals surface area contributed by atoms with E-state index in [2.05, 4.69) is 20.0 Å². The van der Waals surface area contributed by atoms with E-state index in [0.717, 1.165) is 11.1 Å². The van der Waals surface area contributed by atoms with Gasteiger partial charge in [-0.15, -0.1) is 0 Å². The van der Waals surface area contributed by atoms with Gasteiger partial charge in [0, 0.05) is 31.0 Å². The molecular formula is C17H18N4O2. The Morgan fingerprint density at radius 2 is 1.91 bits per heavy atom. The standard InChI is InChI=1S/C17H18N4O2/c22-10-9-21(12-14-5-4-8-18-11-14)13-16-19-17(23-20-16)15-6-2-1-3-7-15/h1-8,11,22H,9-10,12-13H2. The van der Waals surface area contributed by atoms with Gasteiger partial charge in [0.1, 0.15) is 0 Å². The summed E-state index contributed by atoms with van der Waals surface area (Å²) in [6, 6.07) is 13.6. The highest BCUT2D eigenvalue weighted by Gasteiger charge is 2.13. The highest BCUT2D eigenvalue weighted by atomic mass is 16.5. The Bertz CT molecular complexity index is 716. The molecule has 23 heavy (non-hydrogen) atoms. The summed E-state index contributed by atoms with van der Waals surface area (Å²) in [5, 5.41) is 13.3. The van der Waals surface area contributed by atoms with Crippen LogP contribution in [-0.4, -0.2) is 38.3 Å². The summed E-state index contributed by atoms with van der Waals surface area (Å²) in [4.78, 5) is 10.6. The molecule has 6 nitrogen and oxygen atoms in total. The van der Waals surface area contributed by atoms with Crippen molar-refractivity contribution in [2.75, 3.05) is 13.2 Å². The number of hydrogen-bond acceptors (Lipinski definition) is 6. The van der Waals surface area contributed by atoms with E-state index in [-0.39, 0.29) is 6.61 Å². The van der Waals surface area contributed by atoms with E-state index in [1.807, 2.05) is 48.7 Å². The van der Waals surface area contributed by atoms with Crippen molar-refractivity contribution in [3.05, 3.63) is 66.2 Å². The molecule has 3 rings (SSSR count). The van der Waals surface area contributed by atoms with E-state index in [4.69, 9.17) is 4.52 Å². The molecule has 0 unspecified atom stereocenters. The van der Waals surface area contributed by atoms with Crippen LogP contribution in [0.25, 0.3) is 11.5 Å². The number of aromatic nitrogens is 3. The third-order valence-electron chi connectivity index (χ3n) is 3.40. The molecule has 0 radical (unpaired) electrons. The summed E-state index contributed by atoms with van der Waals surface area (Å²) < 4.78 is 5.32. The van der Waals surface area contributed by atoms with E-state index in [9.17, 15) is 5.11 Å². The number of aliphatic hydroxyl groups excluding tert-OH is 1. The first-order valence-corrected chi connectivity index (χ1v) is 7.45. The van der Waals surface area contributed by atoms with Gasteiger partial charge in [-0.2, -0.15) is 4.98 Å². The Hall–Kier alpha value is -2.57. The van der Waals surface area contributed by atoms with Crippen LogP contribution in [0.3, 0.4) is 0 Å². The van der Waals surface area contributed by atoms with Crippen LogP contribution in [0, 0.1) is 0 Å². The Labute approximate surface area is 134 Å². The highest BCUT2D eigenvalue weighted by molar-refractivity contribution is 5.51. The van der Waals surface area contributed by atoms with Crippen molar-refractivity contribution in [1.29, 1.82) is 0 Å². The monoisotopic (exact) mass is 310 g/mol. The maximum atomic E-state index is 9.25. The largest absolute Gasteiger partial charge is 0.395 e. The Balaban J connectivity index is 1.69. The maximum absolute atomic E-state index is 9.25. The molecule has 0 atom stereocenters. The Kier molecular flexibility index (Phi) is 5.08. The van der Waals surface area contributed by atoms with E-state index in [1.165, 1.54) is 0 Å². The van der Waals surface area contributed by atoms with Crippen LogP contribution in [0.15, 0.2) is 59.4 Å². The van der Waals surface area contributed by atoms with Crippen molar-refractivity contribution in [3.8, 4) is 11.5 Å². The first-order chi connectivity index (χ1) is 11.3. The predicted molar refractivity (Wildman–Crippen MR) is 85.2 cm³/mol. The van der Waals surface area contributed by atoms with Gasteiger partial charge in [0.15, 0.2) is 5.82 Å². The van der Waals surface area contributed by atoms with Crippen LogP contribution in [0.2, 0.25) is 0 Å². The van der Waals surface area contributed by atoms with Gasteiger partial charge >= 0.3 is 0 Å². The zero-order valence-electron chi connectivity index (χ0n) is 12.7. The predicted octanol–water partition coefficient (Wildman–Crippen LogP) is 2.13. The summed E-state index contributed by atoms with van der Waals surface area (Å²) in [7, 11) is 0. The van der Waals surface area contributed by atoms with Gasteiger partial charge in [0.05, 0.1) is 13.2 Å². The maximum Gasteiger partial charge on any atom is 0.257 e. The van der Waals surface area contributed by atoms with Gasteiger partial charge in [-0.05, 0) is 23.8 Å². The minimum atomic E-state index is 0.0731. The van der Waals surface area contributed by atoms with Crippen molar-refractivity contribution in [2.24, 2.45) is 0 Å². The smallest absolute Gasteiger partial charge is 0.257 e. The molecule has 1 N–H and O–H groups in total. The normalized spacial score (nSPS) is 11.0. The molecule has 0 bridgehead atoms. The van der Waals surface area contributed by atoms with Gasteiger partial charge in [0.25, 0.3) is 5.89 Å². The number of pyridine rings is 1. The lowest BCUT2D eigenvalue weighted by Crippen LogP contribution is -2.26. The summed E-state index contributed by atoms with van der Waals surface area (Å²) in [6.45, 7) is 1.78. The van der Waals surface area contributed by atoms with Crippen LogP contribution >= 0.6 is 0 Å². The lowest BCUT2D eigenvalue weighted by molar-refractivity contribution is 0.179. The summed E-state index contributed by atoms with van der Waals surface area (Å²) in [6.07, 6.45) is 3.56. The molecule has 0 saturated carbocycles. The average Bonchev–Trinajstić information content (AvgIpc) is 3.05. The highest BCUT2D eigenvalue weighted by Crippen LogP contribution is 2.17. The lowest BCUT2D eigenvalue weighted by atomic mass is 10.2. The van der Waals surface area contributed by atoms with Crippen LogP contribution in [0.1, 0.15) is 11.4 Å². The molecule has 2 heterocycles. The second-order valence-electron chi connectivity index (χ2n) is 5.18. The fourth-order valence-electron chi connectivity index (χ4n) is 2.32. The molecule has 0 aliphatic carbocycles. The lowest BCUT2D eigenvalue weighted by Gasteiger charge is -2.19. The molecule has 118 valence electrons. The van der Waals surface area contributed by atoms with Gasteiger partial charge in [-0.25, -0.2) is 0 Å². The summed E-state index contributed by atoms with van der Waals surface area (Å²) in [5.74, 6) is 1.10. The Morgan fingerprint density at radius 3 is 2.65 bits per heavy atom. The fraction of sp³-hybridized carbons (Fsp3) is 0.235. The van der Waals surface area contributed by atoms with Crippen molar-refractivity contribution >= 4 is 0 Å². The van der Waals surface area contributed by atoms with Crippen LogP contribution in [0.5, 0.6) is 0 Å². The topological polar surface area (TPSA) is 75.3 Å². The van der Waals surface area contributed by atoms with Crippen molar-refractivity contribution < 1.29 is 9.63 Å². The Morgan fingerprint density at radius 1 is 1.04 bits per heavy atom. The molecular weight excluding hydrogens is 292 g/mol. The molecule has 3 aromatic rings. The van der Waals surface area contributed by atoms with Crippen molar-refractivity contribution in [2.45, 2.75) is 13.1 Å². The minimum Gasteiger partial charge on any atom is -0.395 e. The van der Waals surface area contributed by atoms with Crippen LogP contribution in [0.4, 0.5) is 0 Å². The first-order valence-electron chi connectivity index (χ1n) is 7.45. The molecule has 6 heteroatoms. The van der Waals surface area contributed by atoms with Crippen LogP contribution in [-0.2, 0) is 13.1 Å². The van der Waals surface area contributed by atoms with Crippen molar-refractivity contribution in [1.82, 2.24) is 20.0 Å². The molecule has 0 spiro atoms. The second-order valence-corrected chi connectivity index (χ2v) is 5.18. The number of nitrogens with zero attached hydrogens (tertiary/aromatic N) is 4. The van der Waals surface area contributed by atoms with Gasteiger partial charge < -0.3 is 9.63 Å². The van der Waals surface area contributed by atoms with E-state index in [1.54, 1.807) is 6.20 Å². The SMILES string of the molecule is OCCN(Cc1cccnc1)Cc1noc(-c2ccccc2)n1. The summed E-state index contributed by atoms with van der Waals surface area (Å²) >= 11 is 0.